The van der Waals surface area contributed by atoms with Crippen LogP contribution < -0.4 is 25.0 Å². The summed E-state index contributed by atoms with van der Waals surface area (Å²) in [5.74, 6) is -1.70. The Bertz CT molecular complexity index is 1540. The summed E-state index contributed by atoms with van der Waals surface area (Å²) in [6.07, 6.45) is 0. The number of hydrogen-bond donors (Lipinski definition) is 2. The third-order valence-corrected chi connectivity index (χ3v) is 6.20. The van der Waals surface area contributed by atoms with E-state index in [1.807, 2.05) is 42.5 Å². The van der Waals surface area contributed by atoms with E-state index in [0.717, 1.165) is 11.4 Å². The number of carbonyl (C=O) groups is 3. The van der Waals surface area contributed by atoms with E-state index < -0.39 is 30.2 Å². The van der Waals surface area contributed by atoms with Crippen LogP contribution in [0.2, 0.25) is 0 Å². The van der Waals surface area contributed by atoms with Crippen LogP contribution in [0.1, 0.15) is 24.2 Å². The second-order valence-corrected chi connectivity index (χ2v) is 9.68. The number of anilines is 4. The summed E-state index contributed by atoms with van der Waals surface area (Å²) in [6.45, 7) is 3.36. The van der Waals surface area contributed by atoms with Crippen molar-refractivity contribution in [3.8, 4) is 11.5 Å². The molecule has 43 heavy (non-hydrogen) atoms. The van der Waals surface area contributed by atoms with E-state index >= 15 is 0 Å². The Hall–Kier alpha value is -5.38. The maximum absolute atomic E-state index is 13.0. The average molecular weight is 586 g/mol. The van der Waals surface area contributed by atoms with Crippen LogP contribution in [0.3, 0.4) is 0 Å². The van der Waals surface area contributed by atoms with Crippen LogP contribution in [0, 0.1) is 5.82 Å². The minimum atomic E-state index is -0.736. The van der Waals surface area contributed by atoms with Crippen LogP contribution in [0.5, 0.6) is 11.5 Å². The molecule has 0 aliphatic carbocycles. The van der Waals surface area contributed by atoms with E-state index in [9.17, 15) is 18.8 Å². The van der Waals surface area contributed by atoms with E-state index in [1.54, 1.807) is 12.1 Å². The van der Waals surface area contributed by atoms with E-state index in [1.165, 1.54) is 49.6 Å². The van der Waals surface area contributed by atoms with Crippen LogP contribution in [0.4, 0.5) is 27.1 Å². The first kappa shape index (κ1) is 30.6. The highest BCUT2D eigenvalue weighted by molar-refractivity contribution is 5.96. The van der Waals surface area contributed by atoms with Crippen molar-refractivity contribution in [1.29, 1.82) is 0 Å². The number of ether oxygens (including phenoxy) is 3. The lowest BCUT2D eigenvalue weighted by molar-refractivity contribution is -0.119. The molecule has 2 N–H and O–H groups in total. The SMILES string of the molecule is COc1cc(C(=O)OCC(=O)Nc2ccc(N(c3ccccc3)C(C)C)cc2)ccc1OCC(=O)Nc1ccc(F)cc1. The maximum Gasteiger partial charge on any atom is 0.338 e. The molecular weight excluding hydrogens is 553 g/mol. The molecule has 4 aromatic rings. The molecule has 0 heterocycles. The number of benzene rings is 4. The molecule has 0 bridgehead atoms. The molecule has 4 rings (SSSR count). The second kappa shape index (κ2) is 14.5. The van der Waals surface area contributed by atoms with Crippen LogP contribution in [0.25, 0.3) is 0 Å². The van der Waals surface area contributed by atoms with Gasteiger partial charge in [0.2, 0.25) is 0 Å². The zero-order valence-electron chi connectivity index (χ0n) is 24.0. The molecule has 0 fully saturated rings. The molecule has 0 atom stereocenters. The number of halogens is 1. The van der Waals surface area contributed by atoms with Crippen molar-refractivity contribution in [2.75, 3.05) is 35.9 Å². The summed E-state index contributed by atoms with van der Waals surface area (Å²) in [4.78, 5) is 39.4. The zero-order chi connectivity index (χ0) is 30.8. The van der Waals surface area contributed by atoms with Crippen molar-refractivity contribution in [3.05, 3.63) is 108 Å². The highest BCUT2D eigenvalue weighted by Gasteiger charge is 2.16. The summed E-state index contributed by atoms with van der Waals surface area (Å²) in [6, 6.07) is 27.2. The standard InChI is InChI=1S/C33H32FN3O6/c1-22(2)37(27-7-5-4-6-8-27)28-16-14-26(15-17-28)36-32(39)21-43-33(40)23-9-18-29(30(19-23)41-3)42-20-31(38)35-25-12-10-24(34)11-13-25/h4-19,22H,20-21H2,1-3H3,(H,35,38)(H,36,39). The van der Waals surface area contributed by atoms with Crippen molar-refractivity contribution in [2.45, 2.75) is 19.9 Å². The van der Waals surface area contributed by atoms with Gasteiger partial charge in [-0.3, -0.25) is 9.59 Å². The Kier molecular flexibility index (Phi) is 10.3. The molecule has 10 heteroatoms. The van der Waals surface area contributed by atoms with E-state index in [-0.39, 0.29) is 29.7 Å². The third-order valence-electron chi connectivity index (χ3n) is 6.20. The molecule has 2 amide bonds. The lowest BCUT2D eigenvalue weighted by atomic mass is 10.2. The van der Waals surface area contributed by atoms with Gasteiger partial charge < -0.3 is 29.7 Å². The Balaban J connectivity index is 1.28. The molecule has 4 aromatic carbocycles. The number of nitrogens with zero attached hydrogens (tertiary/aromatic N) is 1. The lowest BCUT2D eigenvalue weighted by Gasteiger charge is -2.29. The normalized spacial score (nSPS) is 10.5. The molecule has 0 aliphatic heterocycles. The van der Waals surface area contributed by atoms with Crippen molar-refractivity contribution in [3.63, 3.8) is 0 Å². The van der Waals surface area contributed by atoms with Gasteiger partial charge in [-0.05, 0) is 92.7 Å². The second-order valence-electron chi connectivity index (χ2n) is 9.68. The van der Waals surface area contributed by atoms with Gasteiger partial charge in [0.05, 0.1) is 12.7 Å². The monoisotopic (exact) mass is 585 g/mol. The van der Waals surface area contributed by atoms with Gasteiger partial charge in [0, 0.05) is 28.8 Å². The molecule has 0 aromatic heterocycles. The molecule has 0 spiro atoms. The Labute approximate surface area is 249 Å². The summed E-state index contributed by atoms with van der Waals surface area (Å²) in [5, 5.41) is 5.31. The molecule has 9 nitrogen and oxygen atoms in total. The van der Waals surface area contributed by atoms with Crippen LogP contribution in [-0.2, 0) is 14.3 Å². The number of hydrogen-bond acceptors (Lipinski definition) is 7. The van der Waals surface area contributed by atoms with Gasteiger partial charge in [0.15, 0.2) is 24.7 Å². The number of rotatable bonds is 12. The number of para-hydroxylation sites is 1. The molecule has 0 aliphatic rings. The Morgan fingerprint density at radius 2 is 1.33 bits per heavy atom. The zero-order valence-corrected chi connectivity index (χ0v) is 24.0. The van der Waals surface area contributed by atoms with E-state index in [0.29, 0.717) is 11.4 Å². The van der Waals surface area contributed by atoms with Gasteiger partial charge in [-0.1, -0.05) is 18.2 Å². The van der Waals surface area contributed by atoms with Crippen molar-refractivity contribution >= 4 is 40.5 Å². The van der Waals surface area contributed by atoms with Crippen molar-refractivity contribution in [2.24, 2.45) is 0 Å². The molecule has 0 unspecified atom stereocenters. The summed E-state index contributed by atoms with van der Waals surface area (Å²) in [5.41, 5.74) is 3.15. The molecule has 0 radical (unpaired) electrons. The topological polar surface area (TPSA) is 106 Å². The quantitative estimate of drug-likeness (QED) is 0.191. The number of esters is 1. The van der Waals surface area contributed by atoms with Crippen molar-refractivity contribution < 1.29 is 33.0 Å². The lowest BCUT2D eigenvalue weighted by Crippen LogP contribution is -2.25. The molecular formula is C33H32FN3O6. The van der Waals surface area contributed by atoms with E-state index in [4.69, 9.17) is 14.2 Å². The minimum Gasteiger partial charge on any atom is -0.493 e. The van der Waals surface area contributed by atoms with Crippen LogP contribution in [0.15, 0.2) is 97.1 Å². The van der Waals surface area contributed by atoms with Gasteiger partial charge in [-0.15, -0.1) is 0 Å². The number of amides is 2. The summed E-state index contributed by atoms with van der Waals surface area (Å²) < 4.78 is 29.0. The predicted octanol–water partition coefficient (Wildman–Crippen LogP) is 6.19. The highest BCUT2D eigenvalue weighted by Crippen LogP contribution is 2.30. The smallest absolute Gasteiger partial charge is 0.338 e. The average Bonchev–Trinajstić information content (AvgIpc) is 3.01. The van der Waals surface area contributed by atoms with Gasteiger partial charge in [-0.25, -0.2) is 9.18 Å². The van der Waals surface area contributed by atoms with Gasteiger partial charge in [-0.2, -0.15) is 0 Å². The minimum absolute atomic E-state index is 0.131. The molecule has 222 valence electrons. The van der Waals surface area contributed by atoms with Crippen LogP contribution >= 0.6 is 0 Å². The first-order chi connectivity index (χ1) is 20.7. The van der Waals surface area contributed by atoms with Gasteiger partial charge in [0.1, 0.15) is 5.82 Å². The third kappa shape index (κ3) is 8.56. The summed E-state index contributed by atoms with van der Waals surface area (Å²) in [7, 11) is 1.38. The van der Waals surface area contributed by atoms with Crippen molar-refractivity contribution in [1.82, 2.24) is 0 Å². The fourth-order valence-corrected chi connectivity index (χ4v) is 4.24. The van der Waals surface area contributed by atoms with Gasteiger partial charge in [0.25, 0.3) is 11.8 Å². The van der Waals surface area contributed by atoms with Crippen LogP contribution in [-0.4, -0.2) is 44.1 Å². The fraction of sp³-hybridized carbons (Fsp3) is 0.182. The number of carbonyl (C=O) groups excluding carboxylic acids is 3. The fourth-order valence-electron chi connectivity index (χ4n) is 4.24. The number of nitrogens with one attached hydrogen (secondary N) is 2. The first-order valence-corrected chi connectivity index (χ1v) is 13.5. The molecule has 0 saturated carbocycles. The largest absolute Gasteiger partial charge is 0.493 e. The Morgan fingerprint density at radius 1 is 0.744 bits per heavy atom. The Morgan fingerprint density at radius 3 is 1.93 bits per heavy atom. The first-order valence-electron chi connectivity index (χ1n) is 13.5. The summed E-state index contributed by atoms with van der Waals surface area (Å²) >= 11 is 0. The maximum atomic E-state index is 13.0. The number of methoxy groups -OCH3 is 1. The highest BCUT2D eigenvalue weighted by atomic mass is 19.1. The van der Waals surface area contributed by atoms with Gasteiger partial charge >= 0.3 is 5.97 Å². The molecule has 0 saturated heterocycles. The predicted molar refractivity (Wildman–Crippen MR) is 163 cm³/mol. The van der Waals surface area contributed by atoms with E-state index in [2.05, 4.69) is 29.4 Å².